The van der Waals surface area contributed by atoms with Gasteiger partial charge in [0.1, 0.15) is 11.5 Å². The molecule has 0 spiro atoms. The quantitative estimate of drug-likeness (QED) is 0.640. The maximum Gasteiger partial charge on any atom is 0.237 e. The molecule has 2 N–H and O–H groups in total. The average molecular weight is 364 g/mol. The monoisotopic (exact) mass is 364 g/mol. The van der Waals surface area contributed by atoms with E-state index in [0.29, 0.717) is 6.54 Å². The van der Waals surface area contributed by atoms with E-state index in [-0.39, 0.29) is 11.9 Å². The summed E-state index contributed by atoms with van der Waals surface area (Å²) in [7, 11) is 1.63. The molecule has 5 nitrogen and oxygen atoms in total. The van der Waals surface area contributed by atoms with Gasteiger partial charge in [-0.1, -0.05) is 42.5 Å². The van der Waals surface area contributed by atoms with Gasteiger partial charge in [0.15, 0.2) is 0 Å². The molecule has 3 rings (SSSR count). The molecule has 0 radical (unpaired) electrons. The molecule has 0 fully saturated rings. The van der Waals surface area contributed by atoms with Crippen LogP contribution in [0.25, 0.3) is 0 Å². The number of benzene rings is 2. The average Bonchev–Trinajstić information content (AvgIpc) is 3.25. The van der Waals surface area contributed by atoms with E-state index in [9.17, 15) is 4.79 Å². The van der Waals surface area contributed by atoms with E-state index >= 15 is 0 Å². The van der Waals surface area contributed by atoms with Gasteiger partial charge in [0.2, 0.25) is 5.91 Å². The minimum atomic E-state index is -0.390. The summed E-state index contributed by atoms with van der Waals surface area (Å²) in [5.41, 5.74) is 2.06. The van der Waals surface area contributed by atoms with Gasteiger partial charge in [-0.05, 0) is 42.3 Å². The van der Waals surface area contributed by atoms with Crippen molar-refractivity contribution in [2.45, 2.75) is 25.6 Å². The summed E-state index contributed by atoms with van der Waals surface area (Å²) in [6, 6.07) is 20.8. The highest BCUT2D eigenvalue weighted by atomic mass is 16.5. The first-order valence-corrected chi connectivity index (χ1v) is 8.92. The standard InChI is InChI=1S/C22H24N2O3/c1-16(22(25)23-15-17-10-12-19(26-2)13-11-17)24-21(20-9-6-14-27-20)18-7-4-3-5-8-18/h3-14,16,21,24H,15H2,1-2H3,(H,23,25)/t16-,21+/m1/s1. The number of nitrogens with one attached hydrogen (secondary N) is 2. The van der Waals surface area contributed by atoms with Crippen LogP contribution in [0.15, 0.2) is 77.4 Å². The molecule has 0 saturated carbocycles. The molecule has 1 heterocycles. The molecule has 140 valence electrons. The van der Waals surface area contributed by atoms with Crippen LogP contribution in [0.2, 0.25) is 0 Å². The van der Waals surface area contributed by atoms with Crippen molar-refractivity contribution in [2.75, 3.05) is 7.11 Å². The van der Waals surface area contributed by atoms with Gasteiger partial charge in [-0.3, -0.25) is 10.1 Å². The van der Waals surface area contributed by atoms with Crippen LogP contribution in [0.4, 0.5) is 0 Å². The van der Waals surface area contributed by atoms with Gasteiger partial charge in [0.05, 0.1) is 25.5 Å². The molecule has 1 aromatic heterocycles. The SMILES string of the molecule is COc1ccc(CNC(=O)[C@@H](C)N[C@@H](c2ccccc2)c2ccco2)cc1. The Bertz CT molecular complexity index is 830. The van der Waals surface area contributed by atoms with E-state index in [2.05, 4.69) is 10.6 Å². The second-order valence-corrected chi connectivity index (χ2v) is 6.31. The Kier molecular flexibility index (Phi) is 6.28. The molecule has 0 bridgehead atoms. The van der Waals surface area contributed by atoms with Gasteiger partial charge in [0, 0.05) is 6.54 Å². The van der Waals surface area contributed by atoms with Crippen molar-refractivity contribution >= 4 is 5.91 Å². The van der Waals surface area contributed by atoms with Crippen molar-refractivity contribution in [1.82, 2.24) is 10.6 Å². The Morgan fingerprint density at radius 3 is 2.41 bits per heavy atom. The lowest BCUT2D eigenvalue weighted by Gasteiger charge is -2.22. The van der Waals surface area contributed by atoms with Crippen LogP contribution in [0.1, 0.15) is 29.9 Å². The summed E-state index contributed by atoms with van der Waals surface area (Å²) in [6.07, 6.45) is 1.64. The highest BCUT2D eigenvalue weighted by molar-refractivity contribution is 5.81. The van der Waals surface area contributed by atoms with Gasteiger partial charge in [0.25, 0.3) is 0 Å². The fraction of sp³-hybridized carbons (Fsp3) is 0.227. The van der Waals surface area contributed by atoms with Gasteiger partial charge >= 0.3 is 0 Å². The lowest BCUT2D eigenvalue weighted by Crippen LogP contribution is -2.43. The second-order valence-electron chi connectivity index (χ2n) is 6.31. The zero-order chi connectivity index (χ0) is 19.1. The number of carbonyl (C=O) groups is 1. The zero-order valence-corrected chi connectivity index (χ0v) is 15.5. The summed E-state index contributed by atoms with van der Waals surface area (Å²) < 4.78 is 10.7. The van der Waals surface area contributed by atoms with Crippen LogP contribution < -0.4 is 15.4 Å². The van der Waals surface area contributed by atoms with Crippen LogP contribution >= 0.6 is 0 Å². The molecule has 1 amide bonds. The predicted molar refractivity (Wildman–Crippen MR) is 104 cm³/mol. The third-order valence-electron chi connectivity index (χ3n) is 4.40. The molecule has 0 unspecified atom stereocenters. The molecule has 2 aromatic carbocycles. The first-order valence-electron chi connectivity index (χ1n) is 8.92. The molecule has 0 saturated heterocycles. The molecular formula is C22H24N2O3. The minimum Gasteiger partial charge on any atom is -0.497 e. The molecule has 3 aromatic rings. The third kappa shape index (κ3) is 4.99. The van der Waals surface area contributed by atoms with Crippen molar-refractivity contribution < 1.29 is 13.9 Å². The van der Waals surface area contributed by atoms with Crippen molar-refractivity contribution in [3.05, 3.63) is 89.9 Å². The van der Waals surface area contributed by atoms with E-state index in [0.717, 1.165) is 22.6 Å². The largest absolute Gasteiger partial charge is 0.497 e. The number of ether oxygens (including phenoxy) is 1. The Morgan fingerprint density at radius 2 is 1.78 bits per heavy atom. The minimum absolute atomic E-state index is 0.0710. The fourth-order valence-electron chi connectivity index (χ4n) is 2.85. The number of carbonyl (C=O) groups excluding carboxylic acids is 1. The predicted octanol–water partition coefficient (Wildman–Crippen LogP) is 3.67. The molecule has 0 aliphatic heterocycles. The maximum atomic E-state index is 12.5. The van der Waals surface area contributed by atoms with E-state index in [1.807, 2.05) is 73.7 Å². The first-order chi connectivity index (χ1) is 13.2. The number of hydrogen-bond acceptors (Lipinski definition) is 4. The lowest BCUT2D eigenvalue weighted by atomic mass is 10.0. The number of methoxy groups -OCH3 is 1. The van der Waals surface area contributed by atoms with Gasteiger partial charge in [-0.25, -0.2) is 0 Å². The molecule has 0 aliphatic rings. The third-order valence-corrected chi connectivity index (χ3v) is 4.40. The Hall–Kier alpha value is -3.05. The number of hydrogen-bond donors (Lipinski definition) is 2. The van der Waals surface area contributed by atoms with Crippen LogP contribution in [0.3, 0.4) is 0 Å². The van der Waals surface area contributed by atoms with Crippen LogP contribution in [-0.2, 0) is 11.3 Å². The summed E-state index contributed by atoms with van der Waals surface area (Å²) in [5, 5.41) is 6.33. The van der Waals surface area contributed by atoms with Crippen molar-refractivity contribution in [3.63, 3.8) is 0 Å². The Morgan fingerprint density at radius 1 is 1.04 bits per heavy atom. The fourth-order valence-corrected chi connectivity index (χ4v) is 2.85. The van der Waals surface area contributed by atoms with Crippen LogP contribution in [0, 0.1) is 0 Å². The highest BCUT2D eigenvalue weighted by Crippen LogP contribution is 2.23. The number of furan rings is 1. The number of amides is 1. The summed E-state index contributed by atoms with van der Waals surface area (Å²) >= 11 is 0. The summed E-state index contributed by atoms with van der Waals surface area (Å²) in [5.74, 6) is 1.50. The molecule has 0 aliphatic carbocycles. The first kappa shape index (κ1) is 18.7. The highest BCUT2D eigenvalue weighted by Gasteiger charge is 2.22. The smallest absolute Gasteiger partial charge is 0.237 e. The zero-order valence-electron chi connectivity index (χ0n) is 15.5. The molecule has 2 atom stereocenters. The lowest BCUT2D eigenvalue weighted by molar-refractivity contribution is -0.123. The van der Waals surface area contributed by atoms with Crippen LogP contribution in [-0.4, -0.2) is 19.1 Å². The topological polar surface area (TPSA) is 63.5 Å². The van der Waals surface area contributed by atoms with E-state index in [1.54, 1.807) is 13.4 Å². The van der Waals surface area contributed by atoms with E-state index in [1.165, 1.54) is 0 Å². The summed E-state index contributed by atoms with van der Waals surface area (Å²) in [6.45, 7) is 2.31. The molecule has 27 heavy (non-hydrogen) atoms. The van der Waals surface area contributed by atoms with Crippen molar-refractivity contribution in [1.29, 1.82) is 0 Å². The molecular weight excluding hydrogens is 340 g/mol. The van der Waals surface area contributed by atoms with Crippen molar-refractivity contribution in [2.24, 2.45) is 0 Å². The Balaban J connectivity index is 1.62. The number of rotatable bonds is 8. The normalized spacial score (nSPS) is 13.0. The van der Waals surface area contributed by atoms with Crippen LogP contribution in [0.5, 0.6) is 5.75 Å². The maximum absolute atomic E-state index is 12.5. The van der Waals surface area contributed by atoms with Gasteiger partial charge in [-0.15, -0.1) is 0 Å². The second kappa shape index (κ2) is 9.05. The Labute approximate surface area is 159 Å². The molecule has 5 heteroatoms. The van der Waals surface area contributed by atoms with E-state index < -0.39 is 6.04 Å². The van der Waals surface area contributed by atoms with Gasteiger partial charge < -0.3 is 14.5 Å². The van der Waals surface area contributed by atoms with Crippen molar-refractivity contribution in [3.8, 4) is 5.75 Å². The summed E-state index contributed by atoms with van der Waals surface area (Å²) in [4.78, 5) is 12.5. The van der Waals surface area contributed by atoms with Gasteiger partial charge in [-0.2, -0.15) is 0 Å². The van der Waals surface area contributed by atoms with E-state index in [4.69, 9.17) is 9.15 Å².